The average molecular weight is 310 g/mol. The lowest BCUT2D eigenvalue weighted by Crippen LogP contribution is -2.44. The van der Waals surface area contributed by atoms with Crippen LogP contribution in [0.25, 0.3) is 0 Å². The van der Waals surface area contributed by atoms with Gasteiger partial charge in [0.05, 0.1) is 12.0 Å². The van der Waals surface area contributed by atoms with Gasteiger partial charge < -0.3 is 10.0 Å². The Balaban J connectivity index is 2.54. The molecule has 0 aliphatic carbocycles. The van der Waals surface area contributed by atoms with Crippen LogP contribution in [0.3, 0.4) is 0 Å². The highest BCUT2D eigenvalue weighted by molar-refractivity contribution is 6.31. The van der Waals surface area contributed by atoms with Crippen LogP contribution in [-0.2, 0) is 9.59 Å². The van der Waals surface area contributed by atoms with Gasteiger partial charge in [0.15, 0.2) is 0 Å². The van der Waals surface area contributed by atoms with E-state index in [4.69, 9.17) is 11.6 Å². The second-order valence-corrected chi connectivity index (χ2v) is 6.94. The largest absolute Gasteiger partial charge is 0.481 e. The summed E-state index contributed by atoms with van der Waals surface area (Å²) in [6.07, 6.45) is 0.0305. The molecule has 0 bridgehead atoms. The van der Waals surface area contributed by atoms with Gasteiger partial charge in [-0.05, 0) is 44.9 Å². The molecule has 0 saturated carbocycles. The molecular weight excluding hydrogens is 290 g/mol. The summed E-state index contributed by atoms with van der Waals surface area (Å²) in [6, 6.07) is 5.02. The lowest BCUT2D eigenvalue weighted by molar-refractivity contribution is -0.142. The van der Waals surface area contributed by atoms with Crippen LogP contribution in [0.1, 0.15) is 44.4 Å². The van der Waals surface area contributed by atoms with Crippen LogP contribution in [0.2, 0.25) is 5.02 Å². The maximum Gasteiger partial charge on any atom is 0.309 e. The van der Waals surface area contributed by atoms with Gasteiger partial charge in [0.25, 0.3) is 0 Å². The van der Waals surface area contributed by atoms with Crippen molar-refractivity contribution in [2.24, 2.45) is 5.92 Å². The summed E-state index contributed by atoms with van der Waals surface area (Å²) in [5.74, 6) is -1.82. The number of nitrogens with zero attached hydrogens (tertiary/aromatic N) is 1. The van der Waals surface area contributed by atoms with E-state index in [9.17, 15) is 14.7 Å². The number of carboxylic acid groups (broad SMARTS) is 1. The summed E-state index contributed by atoms with van der Waals surface area (Å²) in [7, 11) is 0. The number of aryl methyl sites for hydroxylation is 1. The normalized spacial score (nSPS) is 22.7. The highest BCUT2D eigenvalue weighted by Crippen LogP contribution is 2.43. The topological polar surface area (TPSA) is 57.6 Å². The molecule has 0 aromatic heterocycles. The predicted octanol–water partition coefficient (Wildman–Crippen LogP) is 3.42. The Bertz CT molecular complexity index is 592. The molecule has 2 rings (SSSR count). The number of halogens is 1. The number of hydrogen-bond acceptors (Lipinski definition) is 2. The fourth-order valence-corrected chi connectivity index (χ4v) is 3.11. The molecule has 0 spiro atoms. The number of aliphatic carboxylic acids is 1. The number of amides is 1. The molecule has 1 fully saturated rings. The van der Waals surface area contributed by atoms with E-state index in [1.807, 2.05) is 39.8 Å². The Hall–Kier alpha value is -1.55. The zero-order chi connectivity index (χ0) is 15.9. The third-order valence-electron chi connectivity index (χ3n) is 3.90. The standard InChI is InChI=1S/C16H20ClNO3/c1-9-5-6-10(7-12(9)17)14-11(15(20)21)8-13(19)18(14)16(2,3)4/h5-7,11,14H,8H2,1-4H3,(H,20,21). The fourth-order valence-electron chi connectivity index (χ4n) is 2.92. The summed E-state index contributed by atoms with van der Waals surface area (Å²) >= 11 is 6.17. The number of hydrogen-bond donors (Lipinski definition) is 1. The molecule has 5 heteroatoms. The van der Waals surface area contributed by atoms with Crippen molar-refractivity contribution in [3.05, 3.63) is 34.3 Å². The van der Waals surface area contributed by atoms with E-state index in [0.29, 0.717) is 5.02 Å². The minimum Gasteiger partial charge on any atom is -0.481 e. The Labute approximate surface area is 129 Å². The van der Waals surface area contributed by atoms with Gasteiger partial charge in [0.1, 0.15) is 0 Å². The van der Waals surface area contributed by atoms with Gasteiger partial charge in [-0.15, -0.1) is 0 Å². The van der Waals surface area contributed by atoms with Crippen molar-refractivity contribution in [3.8, 4) is 0 Å². The molecule has 114 valence electrons. The molecule has 1 aliphatic rings. The van der Waals surface area contributed by atoms with Crippen molar-refractivity contribution < 1.29 is 14.7 Å². The lowest BCUT2D eigenvalue weighted by Gasteiger charge is -2.38. The molecule has 1 amide bonds. The Morgan fingerprint density at radius 3 is 2.48 bits per heavy atom. The zero-order valence-corrected chi connectivity index (χ0v) is 13.4. The smallest absolute Gasteiger partial charge is 0.309 e. The minimum atomic E-state index is -0.947. The number of carbonyl (C=O) groups is 2. The first-order valence-corrected chi connectivity index (χ1v) is 7.31. The summed E-state index contributed by atoms with van der Waals surface area (Å²) in [4.78, 5) is 25.5. The maximum atomic E-state index is 12.3. The summed E-state index contributed by atoms with van der Waals surface area (Å²) in [6.45, 7) is 7.63. The van der Waals surface area contributed by atoms with Crippen molar-refractivity contribution in [1.29, 1.82) is 0 Å². The molecule has 2 unspecified atom stereocenters. The first-order valence-electron chi connectivity index (χ1n) is 6.94. The van der Waals surface area contributed by atoms with E-state index < -0.39 is 23.5 Å². The average Bonchev–Trinajstić information content (AvgIpc) is 2.70. The predicted molar refractivity (Wildman–Crippen MR) is 81.3 cm³/mol. The number of benzene rings is 1. The van der Waals surface area contributed by atoms with Crippen LogP contribution in [-0.4, -0.2) is 27.4 Å². The molecule has 1 saturated heterocycles. The highest BCUT2D eigenvalue weighted by Gasteiger charge is 2.48. The number of carbonyl (C=O) groups excluding carboxylic acids is 1. The quantitative estimate of drug-likeness (QED) is 0.910. The van der Waals surface area contributed by atoms with Gasteiger partial charge in [-0.25, -0.2) is 0 Å². The molecule has 1 N–H and O–H groups in total. The van der Waals surface area contributed by atoms with E-state index in [0.717, 1.165) is 11.1 Å². The molecule has 21 heavy (non-hydrogen) atoms. The van der Waals surface area contributed by atoms with Gasteiger partial charge >= 0.3 is 5.97 Å². The second kappa shape index (κ2) is 5.34. The summed E-state index contributed by atoms with van der Waals surface area (Å²) in [5.41, 5.74) is 1.27. The van der Waals surface area contributed by atoms with E-state index >= 15 is 0 Å². The molecule has 2 atom stereocenters. The Kier molecular flexibility index (Phi) is 4.02. The molecule has 0 radical (unpaired) electrons. The summed E-state index contributed by atoms with van der Waals surface area (Å²) < 4.78 is 0. The van der Waals surface area contributed by atoms with Gasteiger partial charge in [0.2, 0.25) is 5.91 Å². The number of likely N-dealkylation sites (tertiary alicyclic amines) is 1. The van der Waals surface area contributed by atoms with E-state index in [1.54, 1.807) is 11.0 Å². The van der Waals surface area contributed by atoms with Crippen LogP contribution in [0.5, 0.6) is 0 Å². The van der Waals surface area contributed by atoms with Crippen LogP contribution < -0.4 is 0 Å². The number of carboxylic acids is 1. The molecular formula is C16H20ClNO3. The first kappa shape index (κ1) is 15.8. The molecule has 1 aliphatic heterocycles. The third kappa shape index (κ3) is 2.91. The SMILES string of the molecule is Cc1ccc(C2C(C(=O)O)CC(=O)N2C(C)(C)C)cc1Cl. The molecule has 1 aromatic carbocycles. The second-order valence-electron chi connectivity index (χ2n) is 6.54. The van der Waals surface area contributed by atoms with Gasteiger partial charge in [-0.3, -0.25) is 9.59 Å². The van der Waals surface area contributed by atoms with Crippen molar-refractivity contribution >= 4 is 23.5 Å². The van der Waals surface area contributed by atoms with Crippen LogP contribution in [0.4, 0.5) is 0 Å². The van der Waals surface area contributed by atoms with Gasteiger partial charge in [0, 0.05) is 17.0 Å². The monoisotopic (exact) mass is 309 g/mol. The molecule has 1 heterocycles. The van der Waals surface area contributed by atoms with Gasteiger partial charge in [-0.1, -0.05) is 23.7 Å². The van der Waals surface area contributed by atoms with Crippen LogP contribution >= 0.6 is 11.6 Å². The van der Waals surface area contributed by atoms with Crippen molar-refractivity contribution in [1.82, 2.24) is 4.90 Å². The highest BCUT2D eigenvalue weighted by atomic mass is 35.5. The lowest BCUT2D eigenvalue weighted by atomic mass is 9.91. The first-order chi connectivity index (χ1) is 9.62. The fraction of sp³-hybridized carbons (Fsp3) is 0.500. The number of rotatable bonds is 2. The Morgan fingerprint density at radius 2 is 2.00 bits per heavy atom. The Morgan fingerprint density at radius 1 is 1.38 bits per heavy atom. The van der Waals surface area contributed by atoms with Crippen LogP contribution in [0.15, 0.2) is 18.2 Å². The van der Waals surface area contributed by atoms with Crippen molar-refractivity contribution in [3.63, 3.8) is 0 Å². The van der Waals surface area contributed by atoms with Crippen LogP contribution in [0, 0.1) is 12.8 Å². The molecule has 4 nitrogen and oxygen atoms in total. The molecule has 1 aromatic rings. The van der Waals surface area contributed by atoms with E-state index in [2.05, 4.69) is 0 Å². The summed E-state index contributed by atoms with van der Waals surface area (Å²) in [5, 5.41) is 10.0. The maximum absolute atomic E-state index is 12.3. The van der Waals surface area contributed by atoms with Crippen molar-refractivity contribution in [2.75, 3.05) is 0 Å². The minimum absolute atomic E-state index is 0.0305. The van der Waals surface area contributed by atoms with E-state index in [-0.39, 0.29) is 12.3 Å². The van der Waals surface area contributed by atoms with Gasteiger partial charge in [-0.2, -0.15) is 0 Å². The third-order valence-corrected chi connectivity index (χ3v) is 4.31. The van der Waals surface area contributed by atoms with Crippen molar-refractivity contribution in [2.45, 2.75) is 45.7 Å². The van der Waals surface area contributed by atoms with E-state index in [1.165, 1.54) is 0 Å². The zero-order valence-electron chi connectivity index (χ0n) is 12.7.